The molecule has 0 aromatic heterocycles. The molecule has 0 N–H and O–H groups in total. The van der Waals surface area contributed by atoms with Gasteiger partial charge in [-0.25, -0.2) is 0 Å². The third kappa shape index (κ3) is 3.60. The van der Waals surface area contributed by atoms with E-state index in [0.29, 0.717) is 23.0 Å². The number of hydrogen-bond acceptors (Lipinski definition) is 2. The van der Waals surface area contributed by atoms with E-state index < -0.39 is 6.36 Å². The molecule has 2 nitrogen and oxygen atoms in total. The molecule has 0 aliphatic heterocycles. The Bertz CT molecular complexity index is 633. The highest BCUT2D eigenvalue weighted by atomic mass is 19.4. The molecule has 0 spiro atoms. The van der Waals surface area contributed by atoms with Gasteiger partial charge in [0, 0.05) is 5.56 Å². The third-order valence-electron chi connectivity index (χ3n) is 2.64. The number of rotatable bonds is 3. The first-order valence-corrected chi connectivity index (χ1v) is 5.80. The Kier molecular flexibility index (Phi) is 3.79. The van der Waals surface area contributed by atoms with E-state index in [1.165, 1.54) is 18.2 Å². The molecule has 0 atom stereocenters. The Labute approximate surface area is 113 Å². The van der Waals surface area contributed by atoms with Gasteiger partial charge < -0.3 is 4.74 Å². The normalized spacial score (nSPS) is 11.2. The van der Waals surface area contributed by atoms with Crippen molar-refractivity contribution in [1.29, 1.82) is 0 Å². The smallest absolute Gasteiger partial charge is 0.406 e. The van der Waals surface area contributed by atoms with Gasteiger partial charge in [-0.15, -0.1) is 13.2 Å². The molecule has 2 rings (SSSR count). The summed E-state index contributed by atoms with van der Waals surface area (Å²) in [5, 5.41) is 0. The Morgan fingerprint density at radius 3 is 2.45 bits per heavy atom. The number of carbonyl (C=O) groups is 1. The fourth-order valence-corrected chi connectivity index (χ4v) is 1.92. The minimum atomic E-state index is -4.72. The van der Waals surface area contributed by atoms with E-state index >= 15 is 0 Å². The average Bonchev–Trinajstić information content (AvgIpc) is 2.36. The number of benzene rings is 2. The second-order valence-corrected chi connectivity index (χ2v) is 4.33. The number of aldehydes is 1. The average molecular weight is 280 g/mol. The quantitative estimate of drug-likeness (QED) is 0.780. The number of ether oxygens (including phenoxy) is 1. The van der Waals surface area contributed by atoms with Crippen LogP contribution in [0, 0.1) is 6.92 Å². The summed E-state index contributed by atoms with van der Waals surface area (Å²) in [6.45, 7) is 1.81. The highest BCUT2D eigenvalue weighted by Gasteiger charge is 2.31. The van der Waals surface area contributed by atoms with Crippen LogP contribution in [0.5, 0.6) is 5.75 Å². The van der Waals surface area contributed by atoms with Crippen LogP contribution in [-0.2, 0) is 0 Å². The van der Waals surface area contributed by atoms with Gasteiger partial charge >= 0.3 is 6.36 Å². The summed E-state index contributed by atoms with van der Waals surface area (Å²) >= 11 is 0. The molecular weight excluding hydrogens is 269 g/mol. The SMILES string of the molecule is Cc1cc(C=O)cc(-c2cccc(OC(F)(F)F)c2)c1. The summed E-state index contributed by atoms with van der Waals surface area (Å²) in [6.07, 6.45) is -4.02. The van der Waals surface area contributed by atoms with Gasteiger partial charge in [-0.05, 0) is 47.9 Å². The van der Waals surface area contributed by atoms with E-state index in [-0.39, 0.29) is 5.75 Å². The van der Waals surface area contributed by atoms with E-state index in [9.17, 15) is 18.0 Å². The van der Waals surface area contributed by atoms with Crippen molar-refractivity contribution in [2.45, 2.75) is 13.3 Å². The van der Waals surface area contributed by atoms with Crippen LogP contribution in [0.1, 0.15) is 15.9 Å². The molecule has 0 fully saturated rings. The van der Waals surface area contributed by atoms with Gasteiger partial charge in [0.1, 0.15) is 12.0 Å². The van der Waals surface area contributed by atoms with Gasteiger partial charge in [0.2, 0.25) is 0 Å². The zero-order chi connectivity index (χ0) is 14.8. The van der Waals surface area contributed by atoms with Crippen LogP contribution in [-0.4, -0.2) is 12.6 Å². The summed E-state index contributed by atoms with van der Waals surface area (Å²) in [5.74, 6) is -0.288. The molecule has 0 amide bonds. The van der Waals surface area contributed by atoms with Gasteiger partial charge in [0.05, 0.1) is 0 Å². The van der Waals surface area contributed by atoms with Crippen molar-refractivity contribution < 1.29 is 22.7 Å². The van der Waals surface area contributed by atoms with Crippen molar-refractivity contribution in [2.24, 2.45) is 0 Å². The van der Waals surface area contributed by atoms with Crippen molar-refractivity contribution >= 4 is 6.29 Å². The zero-order valence-corrected chi connectivity index (χ0v) is 10.6. The lowest BCUT2D eigenvalue weighted by atomic mass is 10.0. The predicted octanol–water partition coefficient (Wildman–Crippen LogP) is 4.37. The molecule has 20 heavy (non-hydrogen) atoms. The van der Waals surface area contributed by atoms with Gasteiger partial charge in [0.25, 0.3) is 0 Å². The highest BCUT2D eigenvalue weighted by molar-refractivity contribution is 5.79. The van der Waals surface area contributed by atoms with Gasteiger partial charge in [-0.1, -0.05) is 18.2 Å². The van der Waals surface area contributed by atoms with Crippen LogP contribution in [0.3, 0.4) is 0 Å². The Hall–Kier alpha value is -2.30. The third-order valence-corrected chi connectivity index (χ3v) is 2.64. The van der Waals surface area contributed by atoms with E-state index in [1.54, 1.807) is 24.3 Å². The lowest BCUT2D eigenvalue weighted by Crippen LogP contribution is -2.17. The van der Waals surface area contributed by atoms with Crippen LogP contribution in [0.2, 0.25) is 0 Å². The monoisotopic (exact) mass is 280 g/mol. The zero-order valence-electron chi connectivity index (χ0n) is 10.6. The number of alkyl halides is 3. The molecule has 0 saturated carbocycles. The first kappa shape index (κ1) is 14.1. The van der Waals surface area contributed by atoms with E-state index in [1.807, 2.05) is 6.92 Å². The molecule has 0 bridgehead atoms. The van der Waals surface area contributed by atoms with Crippen molar-refractivity contribution in [3.05, 3.63) is 53.6 Å². The van der Waals surface area contributed by atoms with Gasteiger partial charge in [-0.3, -0.25) is 4.79 Å². The largest absolute Gasteiger partial charge is 0.573 e. The van der Waals surface area contributed by atoms with E-state index in [0.717, 1.165) is 5.56 Å². The van der Waals surface area contributed by atoms with Gasteiger partial charge in [-0.2, -0.15) is 0 Å². The standard InChI is InChI=1S/C15H11F3O2/c1-10-5-11(9-19)7-13(6-10)12-3-2-4-14(8-12)20-15(16,17)18/h2-9H,1H3. The summed E-state index contributed by atoms with van der Waals surface area (Å²) in [4.78, 5) is 10.8. The second-order valence-electron chi connectivity index (χ2n) is 4.33. The summed E-state index contributed by atoms with van der Waals surface area (Å²) in [7, 11) is 0. The minimum absolute atomic E-state index is 0.288. The van der Waals surface area contributed by atoms with E-state index in [4.69, 9.17) is 0 Å². The molecular formula is C15H11F3O2. The van der Waals surface area contributed by atoms with Crippen molar-refractivity contribution in [3.8, 4) is 16.9 Å². The fourth-order valence-electron chi connectivity index (χ4n) is 1.92. The van der Waals surface area contributed by atoms with Crippen LogP contribution < -0.4 is 4.74 Å². The summed E-state index contributed by atoms with van der Waals surface area (Å²) < 4.78 is 40.5. The molecule has 0 unspecified atom stereocenters. The maximum Gasteiger partial charge on any atom is 0.573 e. The number of carbonyl (C=O) groups excluding carboxylic acids is 1. The molecule has 2 aromatic rings. The van der Waals surface area contributed by atoms with Crippen LogP contribution in [0.25, 0.3) is 11.1 Å². The Balaban J connectivity index is 2.40. The van der Waals surface area contributed by atoms with Crippen molar-refractivity contribution in [3.63, 3.8) is 0 Å². The molecule has 0 saturated heterocycles. The van der Waals surface area contributed by atoms with Crippen LogP contribution in [0.15, 0.2) is 42.5 Å². The topological polar surface area (TPSA) is 26.3 Å². The van der Waals surface area contributed by atoms with Crippen molar-refractivity contribution in [2.75, 3.05) is 0 Å². The first-order chi connectivity index (χ1) is 9.37. The van der Waals surface area contributed by atoms with Crippen molar-refractivity contribution in [1.82, 2.24) is 0 Å². The number of hydrogen-bond donors (Lipinski definition) is 0. The Morgan fingerprint density at radius 1 is 1.05 bits per heavy atom. The minimum Gasteiger partial charge on any atom is -0.406 e. The molecule has 0 aliphatic rings. The van der Waals surface area contributed by atoms with Crippen LogP contribution >= 0.6 is 0 Å². The van der Waals surface area contributed by atoms with E-state index in [2.05, 4.69) is 4.74 Å². The lowest BCUT2D eigenvalue weighted by molar-refractivity contribution is -0.274. The fraction of sp³-hybridized carbons (Fsp3) is 0.133. The molecule has 0 heterocycles. The maximum absolute atomic E-state index is 12.2. The molecule has 0 aliphatic carbocycles. The highest BCUT2D eigenvalue weighted by Crippen LogP contribution is 2.28. The lowest BCUT2D eigenvalue weighted by Gasteiger charge is -2.10. The summed E-state index contributed by atoms with van der Waals surface area (Å²) in [6, 6.07) is 10.8. The molecule has 0 radical (unpaired) electrons. The molecule has 5 heteroatoms. The number of halogens is 3. The second kappa shape index (κ2) is 5.36. The van der Waals surface area contributed by atoms with Gasteiger partial charge in [0.15, 0.2) is 0 Å². The van der Waals surface area contributed by atoms with Crippen LogP contribution in [0.4, 0.5) is 13.2 Å². The first-order valence-electron chi connectivity index (χ1n) is 5.80. The maximum atomic E-state index is 12.2. The molecule has 2 aromatic carbocycles. The number of aryl methyl sites for hydroxylation is 1. The molecule has 104 valence electrons. The predicted molar refractivity (Wildman–Crippen MR) is 68.7 cm³/mol. The Morgan fingerprint density at radius 2 is 1.80 bits per heavy atom. The summed E-state index contributed by atoms with van der Waals surface area (Å²) in [5.41, 5.74) is 2.55.